The highest BCUT2D eigenvalue weighted by atomic mass is 16.3. The Morgan fingerprint density at radius 3 is 2.02 bits per heavy atom. The number of aromatic nitrogens is 3. The van der Waals surface area contributed by atoms with E-state index in [2.05, 4.69) is 152 Å². The molecule has 12 aromatic rings. The van der Waals surface area contributed by atoms with Crippen molar-refractivity contribution < 1.29 is 8.83 Å². The molecule has 0 fully saturated rings. The smallest absolute Gasteiger partial charge is 0.235 e. The number of fused-ring (bicyclic) bond motifs is 18. The molecule has 4 heterocycles. The average molecular weight is 718 g/mol. The number of para-hydroxylation sites is 4. The summed E-state index contributed by atoms with van der Waals surface area (Å²) in [5.41, 5.74) is 13.4. The number of nitrogens with zero attached hydrogens (tertiary/aromatic N) is 3. The summed E-state index contributed by atoms with van der Waals surface area (Å²) in [6, 6.07) is 53.6. The number of furan rings is 2. The Balaban J connectivity index is 1.19. The van der Waals surface area contributed by atoms with Gasteiger partial charge in [-0.05, 0) is 64.7 Å². The molecule has 5 heteroatoms. The summed E-state index contributed by atoms with van der Waals surface area (Å²) in [4.78, 5) is 10.9. The maximum absolute atomic E-state index is 6.94. The van der Waals surface area contributed by atoms with Gasteiger partial charge in [0.1, 0.15) is 22.3 Å². The van der Waals surface area contributed by atoms with E-state index >= 15 is 0 Å². The molecule has 0 atom stereocenters. The molecule has 8 aromatic carbocycles. The Morgan fingerprint density at radius 2 is 1.16 bits per heavy atom. The van der Waals surface area contributed by atoms with E-state index in [1.807, 2.05) is 18.2 Å². The first kappa shape index (κ1) is 30.1. The van der Waals surface area contributed by atoms with Gasteiger partial charge in [0.25, 0.3) is 0 Å². The lowest BCUT2D eigenvalue weighted by Gasteiger charge is -2.22. The molecule has 0 unspecified atom stereocenters. The lowest BCUT2D eigenvalue weighted by molar-refractivity contribution is 0.660. The highest BCUT2D eigenvalue weighted by molar-refractivity contribution is 6.40. The molecule has 0 bridgehead atoms. The number of benzene rings is 8. The van der Waals surface area contributed by atoms with E-state index in [0.717, 1.165) is 98.6 Å². The van der Waals surface area contributed by atoms with Gasteiger partial charge in [0.2, 0.25) is 5.95 Å². The van der Waals surface area contributed by atoms with Crippen LogP contribution in [0.1, 0.15) is 25.0 Å². The second kappa shape index (κ2) is 10.5. The Bertz CT molecular complexity index is 3690. The standard InChI is InChI=1S/C51H31N3O2/c1-51(2)36-18-8-3-13-29(36)30-24-23-28(27-37(30)51)47-31-14-4-9-19-38(31)52-50(53-47)54-39-20-10-5-15-32(39)46-48(54)35-25-26-42-43(33-16-6-11-21-40(33)55-42)44(35)45-34-17-7-12-22-41(34)56-49(45)46/h3-27H,1-2H3. The van der Waals surface area contributed by atoms with Crippen LogP contribution in [0, 0.1) is 0 Å². The predicted octanol–water partition coefficient (Wildman–Crippen LogP) is 13.7. The summed E-state index contributed by atoms with van der Waals surface area (Å²) >= 11 is 0. The van der Waals surface area contributed by atoms with E-state index in [1.54, 1.807) is 0 Å². The van der Waals surface area contributed by atoms with E-state index in [0.29, 0.717) is 5.95 Å². The molecular weight excluding hydrogens is 687 g/mol. The van der Waals surface area contributed by atoms with Gasteiger partial charge in [-0.2, -0.15) is 0 Å². The molecule has 1 aliphatic rings. The SMILES string of the molecule is CC1(C)c2ccccc2-c2ccc(-c3nc(-n4c5ccccc5c5c6oc7ccccc7c6c6c(ccc7oc8ccccc8c76)c54)nc4ccccc34)cc21. The minimum absolute atomic E-state index is 0.139. The minimum Gasteiger partial charge on any atom is -0.456 e. The third-order valence-corrected chi connectivity index (χ3v) is 12.4. The fraction of sp³-hybridized carbons (Fsp3) is 0.0588. The first-order chi connectivity index (χ1) is 27.5. The molecule has 56 heavy (non-hydrogen) atoms. The van der Waals surface area contributed by atoms with E-state index in [4.69, 9.17) is 18.8 Å². The molecule has 4 aromatic heterocycles. The molecule has 1 aliphatic carbocycles. The van der Waals surface area contributed by atoms with Crippen molar-refractivity contribution in [3.05, 3.63) is 163 Å². The zero-order valence-electron chi connectivity index (χ0n) is 30.6. The van der Waals surface area contributed by atoms with Crippen LogP contribution in [0.15, 0.2) is 160 Å². The van der Waals surface area contributed by atoms with Crippen LogP contribution in [0.3, 0.4) is 0 Å². The third kappa shape index (κ3) is 3.74. The van der Waals surface area contributed by atoms with Gasteiger partial charge in [0.05, 0.1) is 27.6 Å². The van der Waals surface area contributed by atoms with Crippen LogP contribution >= 0.6 is 0 Å². The second-order valence-electron chi connectivity index (χ2n) is 15.7. The highest BCUT2D eigenvalue weighted by Crippen LogP contribution is 2.51. The van der Waals surface area contributed by atoms with Gasteiger partial charge in [-0.15, -0.1) is 0 Å². The molecule has 0 radical (unpaired) electrons. The van der Waals surface area contributed by atoms with Crippen LogP contribution < -0.4 is 0 Å². The molecule has 0 spiro atoms. The van der Waals surface area contributed by atoms with Crippen molar-refractivity contribution in [2.75, 3.05) is 0 Å². The van der Waals surface area contributed by atoms with Gasteiger partial charge < -0.3 is 8.83 Å². The number of rotatable bonds is 2. The van der Waals surface area contributed by atoms with Gasteiger partial charge in [0.15, 0.2) is 0 Å². The van der Waals surface area contributed by atoms with Crippen molar-refractivity contribution in [3.63, 3.8) is 0 Å². The zero-order chi connectivity index (χ0) is 36.9. The Morgan fingerprint density at radius 1 is 0.482 bits per heavy atom. The summed E-state index contributed by atoms with van der Waals surface area (Å²) in [5, 5.41) is 9.65. The van der Waals surface area contributed by atoms with Crippen LogP contribution in [0.5, 0.6) is 0 Å². The molecule has 0 N–H and O–H groups in total. The average Bonchev–Trinajstić information content (AvgIpc) is 3.97. The lowest BCUT2D eigenvalue weighted by atomic mass is 9.82. The molecule has 262 valence electrons. The van der Waals surface area contributed by atoms with Crippen molar-refractivity contribution in [3.8, 4) is 28.3 Å². The Labute approximate surface area is 320 Å². The lowest BCUT2D eigenvalue weighted by Crippen LogP contribution is -2.15. The number of hydrogen-bond acceptors (Lipinski definition) is 4. The molecule has 0 saturated heterocycles. The van der Waals surface area contributed by atoms with Gasteiger partial charge >= 0.3 is 0 Å². The second-order valence-corrected chi connectivity index (χ2v) is 15.7. The van der Waals surface area contributed by atoms with Crippen LogP contribution in [-0.4, -0.2) is 14.5 Å². The van der Waals surface area contributed by atoms with Gasteiger partial charge in [-0.25, -0.2) is 9.97 Å². The molecular formula is C51H31N3O2. The van der Waals surface area contributed by atoms with Crippen molar-refractivity contribution in [2.45, 2.75) is 19.3 Å². The molecule has 0 aliphatic heterocycles. The maximum Gasteiger partial charge on any atom is 0.235 e. The topological polar surface area (TPSA) is 57.0 Å². The highest BCUT2D eigenvalue weighted by Gasteiger charge is 2.35. The fourth-order valence-corrected chi connectivity index (χ4v) is 9.91. The van der Waals surface area contributed by atoms with Gasteiger partial charge in [-0.3, -0.25) is 4.57 Å². The summed E-state index contributed by atoms with van der Waals surface area (Å²) in [6.07, 6.45) is 0. The van der Waals surface area contributed by atoms with Crippen LogP contribution in [0.2, 0.25) is 0 Å². The summed E-state index contributed by atoms with van der Waals surface area (Å²) < 4.78 is 15.7. The summed E-state index contributed by atoms with van der Waals surface area (Å²) in [5.74, 6) is 0.613. The summed E-state index contributed by atoms with van der Waals surface area (Å²) in [6.45, 7) is 4.65. The van der Waals surface area contributed by atoms with E-state index in [1.165, 1.54) is 22.3 Å². The normalized spacial score (nSPS) is 13.7. The molecule has 0 amide bonds. The molecule has 5 nitrogen and oxygen atoms in total. The van der Waals surface area contributed by atoms with Gasteiger partial charge in [-0.1, -0.05) is 123 Å². The first-order valence-corrected chi connectivity index (χ1v) is 19.2. The van der Waals surface area contributed by atoms with Crippen molar-refractivity contribution >= 4 is 87.4 Å². The summed E-state index contributed by atoms with van der Waals surface area (Å²) in [7, 11) is 0. The van der Waals surface area contributed by atoms with E-state index < -0.39 is 0 Å². The van der Waals surface area contributed by atoms with Crippen molar-refractivity contribution in [1.82, 2.24) is 14.5 Å². The molecule has 13 rings (SSSR count). The van der Waals surface area contributed by atoms with Crippen LogP contribution in [-0.2, 0) is 5.41 Å². The first-order valence-electron chi connectivity index (χ1n) is 19.2. The van der Waals surface area contributed by atoms with E-state index in [-0.39, 0.29) is 5.41 Å². The van der Waals surface area contributed by atoms with Crippen LogP contribution in [0.25, 0.3) is 116 Å². The Hall–Kier alpha value is -7.24. The van der Waals surface area contributed by atoms with Crippen molar-refractivity contribution in [1.29, 1.82) is 0 Å². The monoisotopic (exact) mass is 717 g/mol. The number of hydrogen-bond donors (Lipinski definition) is 0. The largest absolute Gasteiger partial charge is 0.456 e. The van der Waals surface area contributed by atoms with Crippen LogP contribution in [0.4, 0.5) is 0 Å². The predicted molar refractivity (Wildman–Crippen MR) is 229 cm³/mol. The van der Waals surface area contributed by atoms with Crippen molar-refractivity contribution in [2.24, 2.45) is 0 Å². The molecule has 0 saturated carbocycles. The minimum atomic E-state index is -0.139. The Kier molecular flexibility index (Phi) is 5.65. The third-order valence-electron chi connectivity index (χ3n) is 12.4. The van der Waals surface area contributed by atoms with E-state index in [9.17, 15) is 0 Å². The quantitative estimate of drug-likeness (QED) is 0.179. The fourth-order valence-electron chi connectivity index (χ4n) is 9.91. The zero-order valence-corrected chi connectivity index (χ0v) is 30.6. The van der Waals surface area contributed by atoms with Gasteiger partial charge in [0, 0.05) is 54.1 Å². The maximum atomic E-state index is 6.94.